The van der Waals surface area contributed by atoms with E-state index in [0.717, 1.165) is 48.1 Å². The fourth-order valence-corrected chi connectivity index (χ4v) is 3.81. The molecule has 1 unspecified atom stereocenters. The summed E-state index contributed by atoms with van der Waals surface area (Å²) >= 11 is 0. The van der Waals surface area contributed by atoms with E-state index in [4.69, 9.17) is 4.98 Å². The smallest absolute Gasteiger partial charge is 0.227 e. The average molecular weight is 382 g/mol. The monoisotopic (exact) mass is 382 g/mol. The molecule has 0 aliphatic carbocycles. The van der Waals surface area contributed by atoms with Gasteiger partial charge in [0.25, 0.3) is 0 Å². The zero-order valence-corrected chi connectivity index (χ0v) is 16.0. The van der Waals surface area contributed by atoms with E-state index in [-0.39, 0.29) is 0 Å². The van der Waals surface area contributed by atoms with Crippen LogP contribution in [0, 0.1) is 0 Å². The van der Waals surface area contributed by atoms with E-state index in [1.165, 1.54) is 5.56 Å². The Labute approximate surface area is 169 Å². The lowest BCUT2D eigenvalue weighted by atomic mass is 9.99. The summed E-state index contributed by atoms with van der Waals surface area (Å²) in [5, 5.41) is 10.2. The molecule has 1 fully saturated rings. The summed E-state index contributed by atoms with van der Waals surface area (Å²) in [5.41, 5.74) is 4.58. The lowest BCUT2D eigenvalue weighted by Crippen LogP contribution is -2.21. The van der Waals surface area contributed by atoms with Gasteiger partial charge in [0, 0.05) is 42.7 Å². The highest BCUT2D eigenvalue weighted by atomic mass is 15.3. The topological polar surface area (TPSA) is 69.7 Å². The maximum absolute atomic E-state index is 4.74. The predicted molar refractivity (Wildman–Crippen MR) is 115 cm³/mol. The summed E-state index contributed by atoms with van der Waals surface area (Å²) in [4.78, 5) is 11.5. The average Bonchev–Trinajstić information content (AvgIpc) is 3.48. The van der Waals surface area contributed by atoms with E-state index in [9.17, 15) is 0 Å². The van der Waals surface area contributed by atoms with Crippen LogP contribution in [0.4, 0.5) is 17.5 Å². The second kappa shape index (κ2) is 7.75. The molecule has 5 rings (SSSR count). The summed E-state index contributed by atoms with van der Waals surface area (Å²) in [6, 6.07) is 20.8. The highest BCUT2D eigenvalue weighted by molar-refractivity contribution is 5.66. The van der Waals surface area contributed by atoms with Crippen LogP contribution >= 0.6 is 0 Å². The van der Waals surface area contributed by atoms with Crippen LogP contribution in [0.15, 0.2) is 79.3 Å². The molecule has 6 heteroatoms. The molecule has 1 atom stereocenters. The van der Waals surface area contributed by atoms with Crippen LogP contribution in [0.1, 0.15) is 17.9 Å². The number of aromatic nitrogens is 4. The summed E-state index contributed by atoms with van der Waals surface area (Å²) in [6.07, 6.45) is 6.65. The fourth-order valence-electron chi connectivity index (χ4n) is 3.81. The number of aromatic amines is 1. The van der Waals surface area contributed by atoms with E-state index in [1.54, 1.807) is 0 Å². The number of hydrogen-bond donors (Lipinski definition) is 2. The Hall–Kier alpha value is -3.67. The van der Waals surface area contributed by atoms with Crippen molar-refractivity contribution in [3.63, 3.8) is 0 Å². The fraction of sp³-hybridized carbons (Fsp3) is 0.174. The second-order valence-corrected chi connectivity index (χ2v) is 7.27. The van der Waals surface area contributed by atoms with Gasteiger partial charge in [0.1, 0.15) is 5.82 Å². The van der Waals surface area contributed by atoms with Crippen LogP contribution < -0.4 is 10.2 Å². The number of anilines is 3. The minimum atomic E-state index is 0.534. The lowest BCUT2D eigenvalue weighted by Gasteiger charge is -2.17. The Morgan fingerprint density at radius 3 is 2.62 bits per heavy atom. The Bertz CT molecular complexity index is 1060. The highest BCUT2D eigenvalue weighted by Crippen LogP contribution is 2.29. The van der Waals surface area contributed by atoms with Gasteiger partial charge in [0.2, 0.25) is 5.95 Å². The van der Waals surface area contributed by atoms with Crippen LogP contribution in [-0.2, 0) is 0 Å². The van der Waals surface area contributed by atoms with Crippen molar-refractivity contribution in [2.75, 3.05) is 23.3 Å². The molecule has 0 radical (unpaired) electrons. The van der Waals surface area contributed by atoms with Gasteiger partial charge in [-0.05, 0) is 35.7 Å². The molecule has 1 aliphatic heterocycles. The standard InChI is InChI=1S/C23H22N6/c1-2-4-17(5-3-1)19-11-13-29(16-19)23-24-12-10-22(28-23)27-21-8-6-18(7-9-21)20-14-25-26-15-20/h1-10,12,14-15,19H,11,13,16H2,(H,25,26)(H,24,27,28). The van der Waals surface area contributed by atoms with Gasteiger partial charge < -0.3 is 10.2 Å². The van der Waals surface area contributed by atoms with Crippen molar-refractivity contribution in [1.82, 2.24) is 20.2 Å². The summed E-state index contributed by atoms with van der Waals surface area (Å²) in [6.45, 7) is 1.93. The number of rotatable bonds is 5. The quantitative estimate of drug-likeness (QED) is 0.528. The van der Waals surface area contributed by atoms with Crippen molar-refractivity contribution in [2.45, 2.75) is 12.3 Å². The van der Waals surface area contributed by atoms with E-state index in [1.807, 2.05) is 36.8 Å². The van der Waals surface area contributed by atoms with Crippen LogP contribution in [0.5, 0.6) is 0 Å². The van der Waals surface area contributed by atoms with Gasteiger partial charge in [-0.3, -0.25) is 5.10 Å². The van der Waals surface area contributed by atoms with E-state index >= 15 is 0 Å². The SMILES string of the molecule is c1ccc(C2CCN(c3nccc(Nc4ccc(-c5cn[nH]c5)cc4)n3)C2)cc1. The van der Waals surface area contributed by atoms with Crippen molar-refractivity contribution >= 4 is 17.5 Å². The van der Waals surface area contributed by atoms with E-state index < -0.39 is 0 Å². The molecule has 3 heterocycles. The minimum absolute atomic E-state index is 0.534. The number of benzene rings is 2. The third kappa shape index (κ3) is 3.82. The van der Waals surface area contributed by atoms with E-state index in [0.29, 0.717) is 5.92 Å². The van der Waals surface area contributed by atoms with Crippen LogP contribution in [0.25, 0.3) is 11.1 Å². The first-order valence-corrected chi connectivity index (χ1v) is 9.84. The molecule has 2 N–H and O–H groups in total. The zero-order valence-electron chi connectivity index (χ0n) is 16.0. The van der Waals surface area contributed by atoms with Crippen molar-refractivity contribution in [3.8, 4) is 11.1 Å². The summed E-state index contributed by atoms with van der Waals surface area (Å²) < 4.78 is 0. The van der Waals surface area contributed by atoms with Crippen molar-refractivity contribution in [1.29, 1.82) is 0 Å². The van der Waals surface area contributed by atoms with Gasteiger partial charge in [-0.15, -0.1) is 0 Å². The molecule has 0 spiro atoms. The van der Waals surface area contributed by atoms with Crippen LogP contribution in [0.3, 0.4) is 0 Å². The van der Waals surface area contributed by atoms with Crippen LogP contribution in [0.2, 0.25) is 0 Å². The third-order valence-corrected chi connectivity index (χ3v) is 5.37. The Morgan fingerprint density at radius 1 is 0.966 bits per heavy atom. The third-order valence-electron chi connectivity index (χ3n) is 5.37. The number of hydrogen-bond acceptors (Lipinski definition) is 5. The minimum Gasteiger partial charge on any atom is -0.340 e. The molecule has 0 saturated carbocycles. The molecule has 29 heavy (non-hydrogen) atoms. The molecule has 6 nitrogen and oxygen atoms in total. The lowest BCUT2D eigenvalue weighted by molar-refractivity contribution is 0.773. The molecule has 1 aliphatic rings. The Balaban J connectivity index is 1.28. The maximum Gasteiger partial charge on any atom is 0.227 e. The Morgan fingerprint density at radius 2 is 1.83 bits per heavy atom. The highest BCUT2D eigenvalue weighted by Gasteiger charge is 2.25. The number of nitrogens with one attached hydrogen (secondary N) is 2. The predicted octanol–water partition coefficient (Wildman–Crippen LogP) is 4.60. The van der Waals surface area contributed by atoms with Gasteiger partial charge in [0.05, 0.1) is 6.20 Å². The molecule has 0 amide bonds. The van der Waals surface area contributed by atoms with Crippen LogP contribution in [-0.4, -0.2) is 33.3 Å². The number of H-pyrrole nitrogens is 1. The molecule has 1 saturated heterocycles. The molecule has 2 aromatic carbocycles. The van der Waals surface area contributed by atoms with Crippen molar-refractivity contribution in [2.24, 2.45) is 0 Å². The van der Waals surface area contributed by atoms with Gasteiger partial charge in [-0.25, -0.2) is 4.98 Å². The van der Waals surface area contributed by atoms with Gasteiger partial charge >= 0.3 is 0 Å². The van der Waals surface area contributed by atoms with Crippen molar-refractivity contribution in [3.05, 3.63) is 84.8 Å². The van der Waals surface area contributed by atoms with Crippen molar-refractivity contribution < 1.29 is 0 Å². The van der Waals surface area contributed by atoms with Gasteiger partial charge in [-0.1, -0.05) is 42.5 Å². The normalized spacial score (nSPS) is 16.1. The first-order chi connectivity index (χ1) is 14.3. The van der Waals surface area contributed by atoms with Gasteiger partial charge in [-0.2, -0.15) is 10.1 Å². The number of nitrogens with zero attached hydrogens (tertiary/aromatic N) is 4. The molecule has 0 bridgehead atoms. The molecular weight excluding hydrogens is 360 g/mol. The van der Waals surface area contributed by atoms with E-state index in [2.05, 4.69) is 67.9 Å². The molecule has 2 aromatic heterocycles. The van der Waals surface area contributed by atoms with Gasteiger partial charge in [0.15, 0.2) is 0 Å². The maximum atomic E-state index is 4.74. The first kappa shape index (κ1) is 17.4. The summed E-state index contributed by atoms with van der Waals surface area (Å²) in [7, 11) is 0. The summed E-state index contributed by atoms with van der Waals surface area (Å²) in [5.74, 6) is 2.12. The first-order valence-electron chi connectivity index (χ1n) is 9.84. The Kier molecular flexibility index (Phi) is 4.66. The molecular formula is C23H22N6. The largest absolute Gasteiger partial charge is 0.340 e. The zero-order chi connectivity index (χ0) is 19.5. The molecule has 4 aromatic rings. The molecule has 144 valence electrons. The second-order valence-electron chi connectivity index (χ2n) is 7.27.